The van der Waals surface area contributed by atoms with Crippen LogP contribution in [0, 0.1) is 0 Å². The number of hydrogen-bond acceptors (Lipinski definition) is 4. The Labute approximate surface area is 134 Å². The molecule has 6 nitrogen and oxygen atoms in total. The van der Waals surface area contributed by atoms with Gasteiger partial charge in [0.1, 0.15) is 5.69 Å². The van der Waals surface area contributed by atoms with Crippen LogP contribution in [0.15, 0.2) is 30.5 Å². The Kier molecular flexibility index (Phi) is 5.41. The van der Waals surface area contributed by atoms with Crippen molar-refractivity contribution >= 4 is 17.4 Å². The van der Waals surface area contributed by atoms with Crippen molar-refractivity contribution in [2.75, 3.05) is 18.5 Å². The van der Waals surface area contributed by atoms with E-state index < -0.39 is 0 Å². The first-order chi connectivity index (χ1) is 11.0. The van der Waals surface area contributed by atoms with Gasteiger partial charge in [0.05, 0.1) is 13.2 Å². The van der Waals surface area contributed by atoms with Crippen molar-refractivity contribution in [3.63, 3.8) is 0 Å². The molecule has 0 aliphatic heterocycles. The number of anilines is 1. The summed E-state index contributed by atoms with van der Waals surface area (Å²) >= 11 is 0. The molecule has 0 atom stereocenters. The smallest absolute Gasteiger partial charge is 0.272 e. The quantitative estimate of drug-likeness (QED) is 0.768. The number of nitrogens with one attached hydrogen (secondary N) is 2. The maximum absolute atomic E-state index is 12.2. The Balaban J connectivity index is 2.16. The van der Waals surface area contributed by atoms with E-state index in [1.807, 2.05) is 13.8 Å². The van der Waals surface area contributed by atoms with E-state index in [2.05, 4.69) is 10.3 Å². The lowest BCUT2D eigenvalue weighted by molar-refractivity contribution is 0.101. The fraction of sp³-hybridized carbons (Fsp3) is 0.294. The first kappa shape index (κ1) is 16.6. The van der Waals surface area contributed by atoms with Gasteiger partial charge >= 0.3 is 0 Å². The van der Waals surface area contributed by atoms with Gasteiger partial charge in [-0.05, 0) is 39.0 Å². The molecule has 2 N–H and O–H groups in total. The molecular weight excluding hydrogens is 296 g/mol. The molecule has 1 aromatic carbocycles. The van der Waals surface area contributed by atoms with Gasteiger partial charge in [-0.25, -0.2) is 0 Å². The summed E-state index contributed by atoms with van der Waals surface area (Å²) in [5.74, 6) is 0.776. The van der Waals surface area contributed by atoms with Crippen molar-refractivity contribution in [2.24, 2.45) is 0 Å². The molecule has 1 heterocycles. The first-order valence-corrected chi connectivity index (χ1v) is 7.45. The van der Waals surface area contributed by atoms with Gasteiger partial charge in [0.15, 0.2) is 17.3 Å². The van der Waals surface area contributed by atoms with Gasteiger partial charge < -0.3 is 19.8 Å². The highest BCUT2D eigenvalue weighted by atomic mass is 16.5. The summed E-state index contributed by atoms with van der Waals surface area (Å²) in [5, 5.41) is 2.76. The molecule has 1 aromatic heterocycles. The van der Waals surface area contributed by atoms with Gasteiger partial charge in [-0.2, -0.15) is 0 Å². The number of H-pyrrole nitrogens is 1. The molecular formula is C17H20N2O4. The topological polar surface area (TPSA) is 80.4 Å². The van der Waals surface area contributed by atoms with Crippen molar-refractivity contribution in [1.82, 2.24) is 4.98 Å². The number of benzene rings is 1. The fourth-order valence-electron chi connectivity index (χ4n) is 2.06. The van der Waals surface area contributed by atoms with Gasteiger partial charge in [0, 0.05) is 23.5 Å². The second kappa shape index (κ2) is 7.49. The molecule has 1 amide bonds. The van der Waals surface area contributed by atoms with Crippen molar-refractivity contribution in [1.29, 1.82) is 0 Å². The summed E-state index contributed by atoms with van der Waals surface area (Å²) in [7, 11) is 0. The van der Waals surface area contributed by atoms with E-state index in [4.69, 9.17) is 9.47 Å². The molecule has 2 aromatic rings. The number of ether oxygens (including phenoxy) is 2. The second-order valence-corrected chi connectivity index (χ2v) is 4.84. The number of hydrogen-bond donors (Lipinski definition) is 2. The van der Waals surface area contributed by atoms with Gasteiger partial charge in [-0.3, -0.25) is 9.59 Å². The Morgan fingerprint density at radius 2 is 1.78 bits per heavy atom. The van der Waals surface area contributed by atoms with E-state index in [-0.39, 0.29) is 11.7 Å². The third-order valence-electron chi connectivity index (χ3n) is 3.14. The molecule has 0 bridgehead atoms. The van der Waals surface area contributed by atoms with E-state index in [0.29, 0.717) is 41.7 Å². The number of carbonyl (C=O) groups is 2. The Morgan fingerprint density at radius 3 is 2.39 bits per heavy atom. The molecule has 0 aliphatic rings. The number of rotatable bonds is 7. The highest BCUT2D eigenvalue weighted by molar-refractivity contribution is 6.05. The number of aromatic nitrogens is 1. The maximum atomic E-state index is 12.2. The SMILES string of the molecule is CCOc1ccc(NC(=O)c2cc(C(C)=O)c[nH]2)cc1OCC. The molecule has 0 aliphatic carbocycles. The zero-order valence-corrected chi connectivity index (χ0v) is 13.4. The van der Waals surface area contributed by atoms with Crippen molar-refractivity contribution in [3.8, 4) is 11.5 Å². The van der Waals surface area contributed by atoms with Crippen LogP contribution < -0.4 is 14.8 Å². The van der Waals surface area contributed by atoms with E-state index in [0.717, 1.165) is 0 Å². The number of amides is 1. The van der Waals surface area contributed by atoms with E-state index in [9.17, 15) is 9.59 Å². The molecule has 0 radical (unpaired) electrons. The van der Waals surface area contributed by atoms with Gasteiger partial charge in [0.25, 0.3) is 5.91 Å². The largest absolute Gasteiger partial charge is 0.490 e. The first-order valence-electron chi connectivity index (χ1n) is 7.45. The molecule has 6 heteroatoms. The number of carbonyl (C=O) groups excluding carboxylic acids is 2. The molecule has 0 saturated heterocycles. The zero-order valence-electron chi connectivity index (χ0n) is 13.4. The summed E-state index contributed by atoms with van der Waals surface area (Å²) < 4.78 is 11.0. The summed E-state index contributed by atoms with van der Waals surface area (Å²) in [6.45, 7) is 6.25. The van der Waals surface area contributed by atoms with Crippen molar-refractivity contribution < 1.29 is 19.1 Å². The third kappa shape index (κ3) is 4.12. The molecule has 2 rings (SSSR count). The number of Topliss-reactive ketones (excluding diaryl/α,β-unsaturated/α-hetero) is 1. The average molecular weight is 316 g/mol. The monoisotopic (exact) mass is 316 g/mol. The summed E-state index contributed by atoms with van der Waals surface area (Å²) in [5.41, 5.74) is 1.37. The molecule has 0 unspecified atom stereocenters. The predicted octanol–water partition coefficient (Wildman–Crippen LogP) is 3.27. The van der Waals surface area contributed by atoms with Crippen LogP contribution in [0.5, 0.6) is 11.5 Å². The van der Waals surface area contributed by atoms with Gasteiger partial charge in [-0.15, -0.1) is 0 Å². The minimum absolute atomic E-state index is 0.0972. The summed E-state index contributed by atoms with van der Waals surface area (Å²) in [6, 6.07) is 6.72. The van der Waals surface area contributed by atoms with Crippen LogP contribution in [0.4, 0.5) is 5.69 Å². The van der Waals surface area contributed by atoms with E-state index >= 15 is 0 Å². The number of aromatic amines is 1. The summed E-state index contributed by atoms with van der Waals surface area (Å²) in [4.78, 5) is 26.3. The van der Waals surface area contributed by atoms with E-state index in [1.54, 1.807) is 18.2 Å². The van der Waals surface area contributed by atoms with Gasteiger partial charge in [0.2, 0.25) is 0 Å². The lowest BCUT2D eigenvalue weighted by Crippen LogP contribution is -2.12. The average Bonchev–Trinajstić information content (AvgIpc) is 3.00. The van der Waals surface area contributed by atoms with Crippen molar-refractivity contribution in [3.05, 3.63) is 41.7 Å². The normalized spacial score (nSPS) is 10.2. The van der Waals surface area contributed by atoms with Crippen LogP contribution in [-0.4, -0.2) is 29.9 Å². The van der Waals surface area contributed by atoms with Crippen LogP contribution >= 0.6 is 0 Å². The van der Waals surface area contributed by atoms with Crippen LogP contribution in [0.3, 0.4) is 0 Å². The molecule has 0 spiro atoms. The molecule has 0 fully saturated rings. The molecule has 122 valence electrons. The van der Waals surface area contributed by atoms with Crippen LogP contribution in [0.1, 0.15) is 41.6 Å². The standard InChI is InChI=1S/C17H20N2O4/c1-4-22-15-7-6-13(9-16(15)23-5-2)19-17(21)14-8-12(10-18-14)11(3)20/h6-10,18H,4-5H2,1-3H3,(H,19,21). The third-order valence-corrected chi connectivity index (χ3v) is 3.14. The molecule has 0 saturated carbocycles. The zero-order chi connectivity index (χ0) is 16.8. The van der Waals surface area contributed by atoms with E-state index in [1.165, 1.54) is 19.2 Å². The van der Waals surface area contributed by atoms with Crippen LogP contribution in [0.2, 0.25) is 0 Å². The summed E-state index contributed by atoms with van der Waals surface area (Å²) in [6.07, 6.45) is 1.51. The second-order valence-electron chi connectivity index (χ2n) is 4.84. The molecule has 23 heavy (non-hydrogen) atoms. The van der Waals surface area contributed by atoms with Gasteiger partial charge in [-0.1, -0.05) is 0 Å². The Bertz CT molecular complexity index is 706. The highest BCUT2D eigenvalue weighted by Crippen LogP contribution is 2.30. The minimum atomic E-state index is -0.330. The predicted molar refractivity (Wildman–Crippen MR) is 87.5 cm³/mol. The minimum Gasteiger partial charge on any atom is -0.490 e. The lowest BCUT2D eigenvalue weighted by Gasteiger charge is -2.12. The maximum Gasteiger partial charge on any atom is 0.272 e. The van der Waals surface area contributed by atoms with Crippen molar-refractivity contribution in [2.45, 2.75) is 20.8 Å². The number of ketones is 1. The Hall–Kier alpha value is -2.76. The Morgan fingerprint density at radius 1 is 1.09 bits per heavy atom. The fourth-order valence-corrected chi connectivity index (χ4v) is 2.06. The van der Waals surface area contributed by atoms with Crippen LogP contribution in [0.25, 0.3) is 0 Å². The van der Waals surface area contributed by atoms with Crippen LogP contribution in [-0.2, 0) is 0 Å². The highest BCUT2D eigenvalue weighted by Gasteiger charge is 2.12. The lowest BCUT2D eigenvalue weighted by atomic mass is 10.2.